The van der Waals surface area contributed by atoms with Crippen molar-refractivity contribution in [1.82, 2.24) is 15.0 Å². The molecule has 0 bridgehead atoms. The summed E-state index contributed by atoms with van der Waals surface area (Å²) in [5.74, 6) is 0.723. The van der Waals surface area contributed by atoms with E-state index in [4.69, 9.17) is 4.74 Å². The molecular formula is C12H16N4O3S. The summed E-state index contributed by atoms with van der Waals surface area (Å²) >= 11 is 0. The van der Waals surface area contributed by atoms with Crippen LogP contribution in [0.4, 0.5) is 5.82 Å². The highest BCUT2D eigenvalue weighted by atomic mass is 32.2. The molecule has 1 N–H and O–H groups in total. The summed E-state index contributed by atoms with van der Waals surface area (Å²) in [5.41, 5.74) is 1.32. The Balaban J connectivity index is 1.76. The maximum absolute atomic E-state index is 10.9. The van der Waals surface area contributed by atoms with Gasteiger partial charge in [0, 0.05) is 25.2 Å². The summed E-state index contributed by atoms with van der Waals surface area (Å²) in [6, 6.07) is 3.65. The second-order valence-electron chi connectivity index (χ2n) is 4.26. The summed E-state index contributed by atoms with van der Waals surface area (Å²) in [7, 11) is -2.96. The molecule has 20 heavy (non-hydrogen) atoms. The van der Waals surface area contributed by atoms with Crippen molar-refractivity contribution in [3.8, 4) is 0 Å². The maximum Gasteiger partial charge on any atom is 0.180 e. The van der Waals surface area contributed by atoms with Crippen molar-refractivity contribution in [1.29, 1.82) is 0 Å². The number of nitrogens with one attached hydrogen (secondary N) is 1. The number of rotatable bonds is 7. The van der Waals surface area contributed by atoms with Gasteiger partial charge in [0.2, 0.25) is 0 Å². The predicted octanol–water partition coefficient (Wildman–Crippen LogP) is 0.498. The van der Waals surface area contributed by atoms with Crippen LogP contribution >= 0.6 is 0 Å². The molecule has 0 aliphatic carbocycles. The van der Waals surface area contributed by atoms with Gasteiger partial charge in [-0.3, -0.25) is 4.98 Å². The molecule has 0 fully saturated rings. The van der Waals surface area contributed by atoms with Gasteiger partial charge in [-0.05, 0) is 12.1 Å². The van der Waals surface area contributed by atoms with Gasteiger partial charge in [-0.1, -0.05) is 0 Å². The van der Waals surface area contributed by atoms with Crippen molar-refractivity contribution in [3.63, 3.8) is 0 Å². The molecule has 2 rings (SSSR count). The Labute approximate surface area is 117 Å². The zero-order valence-corrected chi connectivity index (χ0v) is 11.9. The van der Waals surface area contributed by atoms with E-state index in [0.29, 0.717) is 24.6 Å². The molecule has 0 radical (unpaired) electrons. The second kappa shape index (κ2) is 6.58. The highest BCUT2D eigenvalue weighted by molar-refractivity contribution is 7.90. The second-order valence-corrected chi connectivity index (χ2v) is 6.52. The molecule has 0 saturated heterocycles. The molecule has 0 aromatic carbocycles. The van der Waals surface area contributed by atoms with Gasteiger partial charge in [-0.15, -0.1) is 0 Å². The van der Waals surface area contributed by atoms with E-state index in [1.165, 1.54) is 6.26 Å². The quantitative estimate of drug-likeness (QED) is 0.743. The summed E-state index contributed by atoms with van der Waals surface area (Å²) in [6.07, 6.45) is 4.40. The van der Waals surface area contributed by atoms with Crippen LogP contribution in [0.5, 0.6) is 0 Å². The first kappa shape index (κ1) is 14.6. The number of sulfone groups is 1. The molecule has 2 aromatic heterocycles. The van der Waals surface area contributed by atoms with Gasteiger partial charge < -0.3 is 10.1 Å². The van der Waals surface area contributed by atoms with Crippen molar-refractivity contribution in [2.24, 2.45) is 0 Å². The number of fused-ring (bicyclic) bond motifs is 1. The summed E-state index contributed by atoms with van der Waals surface area (Å²) in [4.78, 5) is 12.5. The number of anilines is 1. The fourth-order valence-electron chi connectivity index (χ4n) is 1.52. The van der Waals surface area contributed by atoms with E-state index in [9.17, 15) is 8.42 Å². The Hall–Kier alpha value is -1.80. The van der Waals surface area contributed by atoms with Crippen LogP contribution in [0.3, 0.4) is 0 Å². The monoisotopic (exact) mass is 296 g/mol. The normalized spacial score (nSPS) is 11.7. The number of hydrogen-bond acceptors (Lipinski definition) is 7. The number of hydrogen-bond donors (Lipinski definition) is 1. The molecule has 0 aliphatic rings. The zero-order chi connectivity index (χ0) is 14.4. The Kier molecular flexibility index (Phi) is 4.80. The highest BCUT2D eigenvalue weighted by Crippen LogP contribution is 2.09. The summed E-state index contributed by atoms with van der Waals surface area (Å²) < 4.78 is 27.0. The summed E-state index contributed by atoms with van der Waals surface area (Å²) in [6.45, 7) is 1.16. The SMILES string of the molecule is CS(=O)(=O)CCOCCNc1ccc2nccnc2n1. The van der Waals surface area contributed by atoms with E-state index in [2.05, 4.69) is 20.3 Å². The number of nitrogens with zero attached hydrogens (tertiary/aromatic N) is 3. The molecule has 108 valence electrons. The fraction of sp³-hybridized carbons (Fsp3) is 0.417. The molecule has 0 atom stereocenters. The lowest BCUT2D eigenvalue weighted by molar-refractivity contribution is 0.159. The van der Waals surface area contributed by atoms with Gasteiger partial charge in [0.1, 0.15) is 21.2 Å². The largest absolute Gasteiger partial charge is 0.379 e. The van der Waals surface area contributed by atoms with Crippen molar-refractivity contribution in [3.05, 3.63) is 24.5 Å². The molecule has 8 heteroatoms. The van der Waals surface area contributed by atoms with E-state index in [1.54, 1.807) is 12.4 Å². The first-order valence-corrected chi connectivity index (χ1v) is 8.18. The number of aromatic nitrogens is 3. The van der Waals surface area contributed by atoms with Crippen LogP contribution in [0, 0.1) is 0 Å². The topological polar surface area (TPSA) is 94.1 Å². The first-order valence-electron chi connectivity index (χ1n) is 6.12. The molecule has 2 heterocycles. The molecular weight excluding hydrogens is 280 g/mol. The van der Waals surface area contributed by atoms with E-state index >= 15 is 0 Å². The number of ether oxygens (including phenoxy) is 1. The molecule has 2 aromatic rings. The molecule has 7 nitrogen and oxygen atoms in total. The van der Waals surface area contributed by atoms with Crippen LogP contribution in [0.15, 0.2) is 24.5 Å². The van der Waals surface area contributed by atoms with E-state index in [1.807, 2.05) is 12.1 Å². The molecule has 0 unspecified atom stereocenters. The van der Waals surface area contributed by atoms with Gasteiger partial charge in [0.05, 0.1) is 19.0 Å². The van der Waals surface area contributed by atoms with E-state index < -0.39 is 9.84 Å². The lowest BCUT2D eigenvalue weighted by Crippen LogP contribution is -2.15. The Morgan fingerprint density at radius 3 is 2.80 bits per heavy atom. The Bertz CT molecular complexity index is 675. The Morgan fingerprint density at radius 1 is 1.20 bits per heavy atom. The lowest BCUT2D eigenvalue weighted by Gasteiger charge is -2.06. The standard InChI is InChI=1S/C12H16N4O3S/c1-20(17,18)9-8-19-7-6-14-11-3-2-10-12(16-11)15-5-4-13-10/h2-5H,6-9H2,1H3,(H,14,15,16). The van der Waals surface area contributed by atoms with Crippen molar-refractivity contribution < 1.29 is 13.2 Å². The van der Waals surface area contributed by atoms with Crippen LogP contribution in [0.1, 0.15) is 0 Å². The van der Waals surface area contributed by atoms with Crippen LogP contribution in [0.25, 0.3) is 11.2 Å². The first-order chi connectivity index (χ1) is 9.54. The predicted molar refractivity (Wildman–Crippen MR) is 76.4 cm³/mol. The summed E-state index contributed by atoms with van der Waals surface area (Å²) in [5, 5.41) is 3.08. The minimum atomic E-state index is -2.96. The van der Waals surface area contributed by atoms with Crippen LogP contribution < -0.4 is 5.32 Å². The van der Waals surface area contributed by atoms with Gasteiger partial charge in [0.15, 0.2) is 5.65 Å². The smallest absolute Gasteiger partial charge is 0.180 e. The average Bonchev–Trinajstić information content (AvgIpc) is 2.41. The maximum atomic E-state index is 10.9. The number of pyridine rings is 1. The van der Waals surface area contributed by atoms with Crippen molar-refractivity contribution in [2.75, 3.05) is 37.1 Å². The van der Waals surface area contributed by atoms with Crippen LogP contribution in [0.2, 0.25) is 0 Å². The van der Waals surface area contributed by atoms with Crippen LogP contribution in [-0.2, 0) is 14.6 Å². The van der Waals surface area contributed by atoms with Gasteiger partial charge in [0.25, 0.3) is 0 Å². The highest BCUT2D eigenvalue weighted by Gasteiger charge is 2.02. The minimum Gasteiger partial charge on any atom is -0.379 e. The third-order valence-corrected chi connectivity index (χ3v) is 3.39. The third kappa shape index (κ3) is 4.71. The Morgan fingerprint density at radius 2 is 2.00 bits per heavy atom. The molecule has 0 spiro atoms. The molecule has 0 amide bonds. The van der Waals surface area contributed by atoms with Crippen molar-refractivity contribution >= 4 is 26.8 Å². The average molecular weight is 296 g/mol. The third-order valence-electron chi connectivity index (χ3n) is 2.48. The van der Waals surface area contributed by atoms with Crippen molar-refractivity contribution in [2.45, 2.75) is 0 Å². The fourth-order valence-corrected chi connectivity index (χ4v) is 1.94. The van der Waals surface area contributed by atoms with E-state index in [0.717, 1.165) is 5.52 Å². The molecule has 0 saturated carbocycles. The lowest BCUT2D eigenvalue weighted by atomic mass is 10.4. The molecule has 0 aliphatic heterocycles. The van der Waals surface area contributed by atoms with Gasteiger partial charge in [-0.2, -0.15) is 0 Å². The van der Waals surface area contributed by atoms with E-state index in [-0.39, 0.29) is 12.4 Å². The van der Waals surface area contributed by atoms with Gasteiger partial charge >= 0.3 is 0 Å². The zero-order valence-electron chi connectivity index (χ0n) is 11.1. The van der Waals surface area contributed by atoms with Crippen LogP contribution in [-0.4, -0.2) is 55.1 Å². The van der Waals surface area contributed by atoms with Gasteiger partial charge in [-0.25, -0.2) is 18.4 Å². The minimum absolute atomic E-state index is 0.0385.